The molecule has 0 bridgehead atoms. The zero-order chi connectivity index (χ0) is 23.1. The number of sulfonamides is 1. The van der Waals surface area contributed by atoms with Gasteiger partial charge in [0.1, 0.15) is 0 Å². The topological polar surface area (TPSA) is 115 Å². The van der Waals surface area contributed by atoms with Crippen LogP contribution in [0.15, 0.2) is 33.6 Å². The number of aromatic nitrogens is 2. The van der Waals surface area contributed by atoms with Crippen molar-refractivity contribution in [1.82, 2.24) is 19.4 Å². The van der Waals surface area contributed by atoms with Gasteiger partial charge in [0.15, 0.2) is 5.79 Å². The van der Waals surface area contributed by atoms with Gasteiger partial charge in [-0.15, -0.1) is 10.2 Å². The molecule has 1 spiro atoms. The first-order valence-corrected chi connectivity index (χ1v) is 12.8. The standard InChI is InChI=1S/C22H28N4O6S/c1-16-6-10-26(11-7-16)33(28,29)18-4-2-17(3-5-18)19-23-24-20(32-19)21(27)25-12-8-22(9-13-25)30-14-15-31-22/h2-5,16H,6-15H2,1H3. The molecule has 10 nitrogen and oxygen atoms in total. The average molecular weight is 477 g/mol. The van der Waals surface area contributed by atoms with Crippen molar-refractivity contribution < 1.29 is 27.1 Å². The molecule has 1 amide bonds. The number of piperidine rings is 2. The fourth-order valence-corrected chi connectivity index (χ4v) is 6.01. The summed E-state index contributed by atoms with van der Waals surface area (Å²) < 4.78 is 44.4. The van der Waals surface area contributed by atoms with Crippen LogP contribution in [0, 0.1) is 5.92 Å². The molecule has 0 aliphatic carbocycles. The lowest BCUT2D eigenvalue weighted by Gasteiger charge is -2.36. The molecule has 3 saturated heterocycles. The van der Waals surface area contributed by atoms with Crippen LogP contribution in [0.25, 0.3) is 11.5 Å². The number of nitrogens with zero attached hydrogens (tertiary/aromatic N) is 4. The van der Waals surface area contributed by atoms with Crippen molar-refractivity contribution in [3.8, 4) is 11.5 Å². The zero-order valence-corrected chi connectivity index (χ0v) is 19.4. The predicted molar refractivity (Wildman–Crippen MR) is 117 cm³/mol. The summed E-state index contributed by atoms with van der Waals surface area (Å²) in [6, 6.07) is 6.33. The molecule has 178 valence electrons. The maximum atomic E-state index is 12.9. The lowest BCUT2D eigenvalue weighted by Crippen LogP contribution is -2.47. The Morgan fingerprint density at radius 1 is 1.00 bits per heavy atom. The minimum absolute atomic E-state index is 0.0895. The molecule has 3 fully saturated rings. The lowest BCUT2D eigenvalue weighted by molar-refractivity contribution is -0.181. The van der Waals surface area contributed by atoms with Crippen LogP contribution in [0.2, 0.25) is 0 Å². The van der Waals surface area contributed by atoms with E-state index in [1.54, 1.807) is 29.2 Å². The van der Waals surface area contributed by atoms with E-state index in [1.807, 2.05) is 0 Å². The van der Waals surface area contributed by atoms with Crippen molar-refractivity contribution in [3.63, 3.8) is 0 Å². The molecular formula is C22H28N4O6S. The van der Waals surface area contributed by atoms with Gasteiger partial charge in [0, 0.05) is 44.6 Å². The second-order valence-electron chi connectivity index (χ2n) is 8.92. The smallest absolute Gasteiger partial charge is 0.311 e. The highest BCUT2D eigenvalue weighted by atomic mass is 32.2. The second kappa shape index (κ2) is 8.79. The van der Waals surface area contributed by atoms with Crippen LogP contribution in [-0.4, -0.2) is 78.9 Å². The molecule has 0 radical (unpaired) electrons. The molecule has 3 aliphatic rings. The van der Waals surface area contributed by atoms with Crippen molar-refractivity contribution in [3.05, 3.63) is 30.2 Å². The van der Waals surface area contributed by atoms with Gasteiger partial charge in [-0.1, -0.05) is 6.92 Å². The van der Waals surface area contributed by atoms with E-state index in [1.165, 1.54) is 4.31 Å². The summed E-state index contributed by atoms with van der Waals surface area (Å²) in [5.41, 5.74) is 0.554. The number of amides is 1. The van der Waals surface area contributed by atoms with Gasteiger partial charge in [-0.25, -0.2) is 8.42 Å². The van der Waals surface area contributed by atoms with E-state index >= 15 is 0 Å². The highest BCUT2D eigenvalue weighted by molar-refractivity contribution is 7.89. The highest BCUT2D eigenvalue weighted by Crippen LogP contribution is 2.32. The van der Waals surface area contributed by atoms with Crippen LogP contribution in [0.5, 0.6) is 0 Å². The number of hydrogen-bond donors (Lipinski definition) is 0. The summed E-state index contributed by atoms with van der Waals surface area (Å²) in [5, 5.41) is 7.90. The third-order valence-electron chi connectivity index (χ3n) is 6.72. The lowest BCUT2D eigenvalue weighted by atomic mass is 10.0. The van der Waals surface area contributed by atoms with Gasteiger partial charge in [-0.05, 0) is 43.0 Å². The minimum Gasteiger partial charge on any atom is -0.412 e. The summed E-state index contributed by atoms with van der Waals surface area (Å²) in [4.78, 5) is 14.7. The van der Waals surface area contributed by atoms with Gasteiger partial charge in [0.25, 0.3) is 0 Å². The van der Waals surface area contributed by atoms with Gasteiger partial charge in [0.2, 0.25) is 15.9 Å². The van der Waals surface area contributed by atoms with Gasteiger partial charge in [-0.2, -0.15) is 4.31 Å². The summed E-state index contributed by atoms with van der Waals surface area (Å²) >= 11 is 0. The molecule has 1 aromatic carbocycles. The predicted octanol–water partition coefficient (Wildman–Crippen LogP) is 2.14. The number of rotatable bonds is 4. The third kappa shape index (κ3) is 4.42. The van der Waals surface area contributed by atoms with Crippen molar-refractivity contribution in [2.45, 2.75) is 43.3 Å². The summed E-state index contributed by atoms with van der Waals surface area (Å²) in [7, 11) is -3.53. The Labute approximate surface area is 192 Å². The number of hydrogen-bond acceptors (Lipinski definition) is 8. The molecule has 0 N–H and O–H groups in total. The molecule has 2 aromatic rings. The molecule has 33 heavy (non-hydrogen) atoms. The molecule has 1 aromatic heterocycles. The summed E-state index contributed by atoms with van der Waals surface area (Å²) in [5.74, 6) is -0.270. The largest absolute Gasteiger partial charge is 0.412 e. The normalized spacial score (nSPS) is 22.2. The van der Waals surface area contributed by atoms with E-state index in [2.05, 4.69) is 17.1 Å². The number of likely N-dealkylation sites (tertiary alicyclic amines) is 1. The molecule has 0 saturated carbocycles. The molecule has 4 heterocycles. The fourth-order valence-electron chi connectivity index (χ4n) is 4.54. The van der Waals surface area contributed by atoms with E-state index in [9.17, 15) is 13.2 Å². The molecular weight excluding hydrogens is 448 g/mol. The first-order valence-electron chi connectivity index (χ1n) is 11.4. The van der Waals surface area contributed by atoms with Crippen molar-refractivity contribution >= 4 is 15.9 Å². The van der Waals surface area contributed by atoms with Crippen molar-refractivity contribution in [2.75, 3.05) is 39.4 Å². The molecule has 5 rings (SSSR count). The van der Waals surface area contributed by atoms with Crippen LogP contribution in [-0.2, 0) is 19.5 Å². The van der Waals surface area contributed by atoms with Gasteiger partial charge >= 0.3 is 11.8 Å². The van der Waals surface area contributed by atoms with Crippen molar-refractivity contribution in [2.24, 2.45) is 5.92 Å². The maximum Gasteiger partial charge on any atom is 0.311 e. The van der Waals surface area contributed by atoms with E-state index < -0.39 is 15.8 Å². The van der Waals surface area contributed by atoms with Crippen molar-refractivity contribution in [1.29, 1.82) is 0 Å². The fraction of sp³-hybridized carbons (Fsp3) is 0.591. The highest BCUT2D eigenvalue weighted by Gasteiger charge is 2.41. The van der Waals surface area contributed by atoms with E-state index in [4.69, 9.17) is 13.9 Å². The number of carbonyl (C=O) groups is 1. The van der Waals surface area contributed by atoms with E-state index in [0.29, 0.717) is 63.7 Å². The Morgan fingerprint density at radius 3 is 2.27 bits per heavy atom. The average Bonchev–Trinajstić information content (AvgIpc) is 3.50. The Hall–Kier alpha value is -2.34. The Balaban J connectivity index is 1.25. The van der Waals surface area contributed by atoms with Crippen LogP contribution < -0.4 is 0 Å². The zero-order valence-electron chi connectivity index (χ0n) is 18.6. The number of benzene rings is 1. The van der Waals surface area contributed by atoms with E-state index in [0.717, 1.165) is 12.8 Å². The van der Waals surface area contributed by atoms with Crippen LogP contribution in [0.1, 0.15) is 43.3 Å². The summed E-state index contributed by atoms with van der Waals surface area (Å²) in [6.45, 7) is 5.35. The number of carbonyl (C=O) groups excluding carboxylic acids is 1. The minimum atomic E-state index is -3.53. The first kappa shape index (κ1) is 22.5. The Kier molecular flexibility index (Phi) is 5.98. The van der Waals surface area contributed by atoms with Crippen LogP contribution in [0.4, 0.5) is 0 Å². The number of ether oxygens (including phenoxy) is 2. The van der Waals surface area contributed by atoms with E-state index in [-0.39, 0.29) is 22.6 Å². The van der Waals surface area contributed by atoms with Crippen LogP contribution in [0.3, 0.4) is 0 Å². The molecule has 11 heteroatoms. The summed E-state index contributed by atoms with van der Waals surface area (Å²) in [6.07, 6.45) is 2.94. The SMILES string of the molecule is CC1CCN(S(=O)(=O)c2ccc(-c3nnc(C(=O)N4CCC5(CC4)OCCO5)o3)cc2)CC1. The Bertz CT molecular complexity index is 1090. The molecule has 0 atom stereocenters. The molecule has 0 unspecified atom stereocenters. The second-order valence-corrected chi connectivity index (χ2v) is 10.9. The first-order chi connectivity index (χ1) is 15.9. The Morgan fingerprint density at radius 2 is 1.64 bits per heavy atom. The van der Waals surface area contributed by atoms with Gasteiger partial charge < -0.3 is 18.8 Å². The van der Waals surface area contributed by atoms with Gasteiger partial charge in [0.05, 0.1) is 18.1 Å². The monoisotopic (exact) mass is 476 g/mol. The quantitative estimate of drug-likeness (QED) is 0.659. The van der Waals surface area contributed by atoms with Gasteiger partial charge in [-0.3, -0.25) is 4.79 Å². The third-order valence-corrected chi connectivity index (χ3v) is 8.63. The maximum absolute atomic E-state index is 12.9. The van der Waals surface area contributed by atoms with Crippen LogP contribution >= 0.6 is 0 Å². The molecule has 3 aliphatic heterocycles.